The number of carboxylic acid groups (broad SMARTS) is 1. The first-order valence-corrected chi connectivity index (χ1v) is 4.97. The van der Waals surface area contributed by atoms with Gasteiger partial charge in [0.15, 0.2) is 0 Å². The van der Waals surface area contributed by atoms with Gasteiger partial charge in [-0.3, -0.25) is 4.79 Å². The van der Waals surface area contributed by atoms with E-state index in [1.807, 2.05) is 0 Å². The Hall–Kier alpha value is -0.840. The third-order valence-electron chi connectivity index (χ3n) is 1.57. The highest BCUT2D eigenvalue weighted by Gasteiger charge is 2.15. The van der Waals surface area contributed by atoms with Crippen molar-refractivity contribution in [3.05, 3.63) is 34.6 Å². The lowest BCUT2D eigenvalue weighted by Gasteiger charge is -2.06. The minimum Gasteiger partial charge on any atom is -0.480 e. The van der Waals surface area contributed by atoms with Crippen LogP contribution in [-0.2, 0) is 4.79 Å². The predicted molar refractivity (Wildman–Crippen MR) is 57.8 cm³/mol. The molecule has 0 heterocycles. The van der Waals surface area contributed by atoms with Crippen LogP contribution in [-0.4, -0.2) is 17.5 Å². The first-order valence-electron chi connectivity index (χ1n) is 3.83. The van der Waals surface area contributed by atoms with Gasteiger partial charge in [-0.05, 0) is 17.7 Å². The van der Waals surface area contributed by atoms with Crippen molar-refractivity contribution in [3.63, 3.8) is 0 Å². The van der Waals surface area contributed by atoms with E-state index in [2.05, 4.69) is 11.6 Å². The van der Waals surface area contributed by atoms with Gasteiger partial charge in [0, 0.05) is 6.38 Å². The molecular weight excluding hydrogens is 244 g/mol. The van der Waals surface area contributed by atoms with Crippen LogP contribution in [0, 0.1) is 5.82 Å². The van der Waals surface area contributed by atoms with Crippen molar-refractivity contribution >= 4 is 29.2 Å². The number of hydrogen-bond donors (Lipinski definition) is 2. The van der Waals surface area contributed by atoms with Gasteiger partial charge in [0.05, 0.1) is 5.02 Å². The smallest absolute Gasteiger partial charge is 0.325 e. The lowest BCUT2D eigenvalue weighted by atomic mass is 10.1. The number of rotatable bonds is 2. The van der Waals surface area contributed by atoms with Crippen LogP contribution in [0.5, 0.6) is 0 Å². The van der Waals surface area contributed by atoms with Crippen LogP contribution >= 0.6 is 23.2 Å². The van der Waals surface area contributed by atoms with Crippen molar-refractivity contribution < 1.29 is 14.3 Å². The monoisotopic (exact) mass is 253 g/mol. The normalized spacial score (nSPS) is 11.3. The van der Waals surface area contributed by atoms with Gasteiger partial charge in [-0.25, -0.2) is 4.39 Å². The molecule has 0 saturated heterocycles. The van der Waals surface area contributed by atoms with Crippen LogP contribution in [0.4, 0.5) is 4.39 Å². The summed E-state index contributed by atoms with van der Waals surface area (Å²) in [6.07, 6.45) is 1.47. The number of aliphatic carboxylic acids is 1. The van der Waals surface area contributed by atoms with E-state index < -0.39 is 17.8 Å². The standard InChI is InChI=1S/C8H7ClFNO2.CH3Cl/c9-5-2-1-4(3-6(5)10)7(11)8(12)13;1-2/h1-3,7H,11H2,(H,12,13);1H3. The summed E-state index contributed by atoms with van der Waals surface area (Å²) >= 11 is 10.0. The van der Waals surface area contributed by atoms with E-state index in [4.69, 9.17) is 22.4 Å². The van der Waals surface area contributed by atoms with Crippen molar-refractivity contribution in [3.8, 4) is 0 Å². The van der Waals surface area contributed by atoms with Crippen molar-refractivity contribution in [2.45, 2.75) is 6.04 Å². The van der Waals surface area contributed by atoms with Gasteiger partial charge in [-0.2, -0.15) is 0 Å². The summed E-state index contributed by atoms with van der Waals surface area (Å²) in [6, 6.07) is 2.45. The van der Waals surface area contributed by atoms with Gasteiger partial charge in [0.25, 0.3) is 0 Å². The summed E-state index contributed by atoms with van der Waals surface area (Å²) < 4.78 is 12.8. The van der Waals surface area contributed by atoms with Crippen LogP contribution in [0.3, 0.4) is 0 Å². The first kappa shape index (κ1) is 14.2. The Bertz CT molecular complexity index is 347. The molecule has 1 aromatic carbocycles. The van der Waals surface area contributed by atoms with Gasteiger partial charge < -0.3 is 10.8 Å². The third kappa shape index (κ3) is 4.03. The summed E-state index contributed by atoms with van der Waals surface area (Å²) in [4.78, 5) is 10.4. The molecule has 0 aliphatic rings. The maximum Gasteiger partial charge on any atom is 0.325 e. The van der Waals surface area contributed by atoms with Crippen LogP contribution in [0.1, 0.15) is 11.6 Å². The molecule has 1 rings (SSSR count). The molecule has 0 radical (unpaired) electrons. The zero-order valence-electron chi connectivity index (χ0n) is 7.88. The van der Waals surface area contributed by atoms with E-state index >= 15 is 0 Å². The van der Waals surface area contributed by atoms with E-state index in [-0.39, 0.29) is 10.6 Å². The topological polar surface area (TPSA) is 63.3 Å². The molecule has 1 atom stereocenters. The molecule has 0 spiro atoms. The number of halogens is 3. The fraction of sp³-hybridized carbons (Fsp3) is 0.222. The van der Waals surface area contributed by atoms with E-state index in [0.717, 1.165) is 6.07 Å². The highest BCUT2D eigenvalue weighted by Crippen LogP contribution is 2.18. The average molecular weight is 254 g/mol. The summed E-state index contributed by atoms with van der Waals surface area (Å²) in [5.74, 6) is -1.88. The zero-order valence-corrected chi connectivity index (χ0v) is 9.39. The number of benzene rings is 1. The molecule has 0 aliphatic carbocycles. The van der Waals surface area contributed by atoms with E-state index in [1.54, 1.807) is 0 Å². The molecule has 6 heteroatoms. The van der Waals surface area contributed by atoms with Gasteiger partial charge in [0.1, 0.15) is 11.9 Å². The minimum absolute atomic E-state index is 0.0543. The molecule has 0 bridgehead atoms. The molecule has 0 amide bonds. The van der Waals surface area contributed by atoms with Gasteiger partial charge in [0.2, 0.25) is 0 Å². The summed E-state index contributed by atoms with van der Waals surface area (Å²) in [5.41, 5.74) is 5.44. The molecule has 0 fully saturated rings. The number of carbonyl (C=O) groups is 1. The molecular formula is C9H10Cl2FNO2. The summed E-state index contributed by atoms with van der Waals surface area (Å²) in [5, 5.41) is 8.46. The second kappa shape index (κ2) is 6.61. The Morgan fingerprint density at radius 3 is 2.47 bits per heavy atom. The number of alkyl halides is 1. The molecule has 0 aromatic heterocycles. The Balaban J connectivity index is 0.000000921. The van der Waals surface area contributed by atoms with Gasteiger partial charge >= 0.3 is 5.97 Å². The van der Waals surface area contributed by atoms with Gasteiger partial charge in [-0.1, -0.05) is 17.7 Å². The van der Waals surface area contributed by atoms with Crippen LogP contribution in [0.15, 0.2) is 18.2 Å². The van der Waals surface area contributed by atoms with Crippen molar-refractivity contribution in [1.82, 2.24) is 0 Å². The van der Waals surface area contributed by atoms with Crippen molar-refractivity contribution in [1.29, 1.82) is 0 Å². The number of nitrogens with two attached hydrogens (primary N) is 1. The maximum absolute atomic E-state index is 12.8. The van der Waals surface area contributed by atoms with Crippen molar-refractivity contribution in [2.75, 3.05) is 6.38 Å². The maximum atomic E-state index is 12.8. The van der Waals surface area contributed by atoms with Crippen LogP contribution in [0.2, 0.25) is 5.02 Å². The van der Waals surface area contributed by atoms with Crippen LogP contribution < -0.4 is 5.73 Å². The van der Waals surface area contributed by atoms with Gasteiger partial charge in [-0.15, -0.1) is 11.6 Å². The molecule has 0 saturated carbocycles. The lowest BCUT2D eigenvalue weighted by molar-refractivity contribution is -0.138. The molecule has 1 unspecified atom stereocenters. The molecule has 3 N–H and O–H groups in total. The number of hydrogen-bond acceptors (Lipinski definition) is 2. The first-order chi connectivity index (χ1) is 7.02. The Labute approximate surface area is 96.6 Å². The van der Waals surface area contributed by atoms with Crippen molar-refractivity contribution in [2.24, 2.45) is 5.73 Å². The largest absolute Gasteiger partial charge is 0.480 e. The third-order valence-corrected chi connectivity index (χ3v) is 1.88. The van der Waals surface area contributed by atoms with Crippen LogP contribution in [0.25, 0.3) is 0 Å². The summed E-state index contributed by atoms with van der Waals surface area (Å²) in [7, 11) is 0. The highest BCUT2D eigenvalue weighted by atomic mass is 35.5. The van der Waals surface area contributed by atoms with E-state index in [9.17, 15) is 9.18 Å². The molecule has 0 aliphatic heterocycles. The van der Waals surface area contributed by atoms with E-state index in [0.29, 0.717) is 0 Å². The minimum atomic E-state index is -1.22. The quantitative estimate of drug-likeness (QED) is 0.796. The summed E-state index contributed by atoms with van der Waals surface area (Å²) in [6.45, 7) is 0. The predicted octanol–water partition coefficient (Wildman–Crippen LogP) is 2.42. The molecule has 1 aromatic rings. The number of carboxylic acids is 1. The highest BCUT2D eigenvalue weighted by molar-refractivity contribution is 6.30. The van der Waals surface area contributed by atoms with E-state index in [1.165, 1.54) is 18.5 Å². The second-order valence-electron chi connectivity index (χ2n) is 2.49. The Morgan fingerprint density at radius 1 is 1.53 bits per heavy atom. The SMILES string of the molecule is CCl.NC(C(=O)O)c1ccc(Cl)c(F)c1. The molecule has 15 heavy (non-hydrogen) atoms. The Kier molecular flexibility index (Phi) is 6.24. The lowest BCUT2D eigenvalue weighted by Crippen LogP contribution is -2.20. The fourth-order valence-electron chi connectivity index (χ4n) is 0.848. The fourth-order valence-corrected chi connectivity index (χ4v) is 0.966. The second-order valence-corrected chi connectivity index (χ2v) is 2.90. The Morgan fingerprint density at radius 2 is 2.07 bits per heavy atom. The zero-order chi connectivity index (χ0) is 12.0. The molecule has 3 nitrogen and oxygen atoms in total. The molecule has 84 valence electrons. The average Bonchev–Trinajstić information content (AvgIpc) is 2.24.